The van der Waals surface area contributed by atoms with Crippen molar-refractivity contribution in [2.45, 2.75) is 64.0 Å². The Morgan fingerprint density at radius 1 is 1.12 bits per heavy atom. The van der Waals surface area contributed by atoms with Crippen molar-refractivity contribution >= 4 is 0 Å². The molecule has 0 bridgehead atoms. The van der Waals surface area contributed by atoms with Gasteiger partial charge < -0.3 is 10.6 Å². The Balaban J connectivity index is 1.83. The van der Waals surface area contributed by atoms with Crippen molar-refractivity contribution in [1.82, 2.24) is 4.90 Å². The zero-order valence-corrected chi connectivity index (χ0v) is 11.0. The van der Waals surface area contributed by atoms with E-state index in [9.17, 15) is 0 Å². The van der Waals surface area contributed by atoms with E-state index in [1.54, 1.807) is 0 Å². The average Bonchev–Trinajstić information content (AvgIpc) is 3.05. The minimum Gasteiger partial charge on any atom is -0.326 e. The molecule has 0 amide bonds. The van der Waals surface area contributed by atoms with Crippen LogP contribution in [0.5, 0.6) is 0 Å². The summed E-state index contributed by atoms with van der Waals surface area (Å²) in [5, 5.41) is 0. The number of nitrogens with two attached hydrogens (primary N) is 1. The largest absolute Gasteiger partial charge is 0.326 e. The second-order valence-electron chi connectivity index (χ2n) is 6.08. The summed E-state index contributed by atoms with van der Waals surface area (Å²) >= 11 is 0. The van der Waals surface area contributed by atoms with Crippen LogP contribution in [0.25, 0.3) is 0 Å². The quantitative estimate of drug-likeness (QED) is 0.778. The molecule has 0 spiro atoms. The fraction of sp³-hybridized carbons (Fsp3) is 1.00. The molecule has 2 aliphatic carbocycles. The van der Waals surface area contributed by atoms with Crippen LogP contribution >= 0.6 is 0 Å². The number of hydrogen-bond donors (Lipinski definition) is 1. The van der Waals surface area contributed by atoms with Gasteiger partial charge in [-0.15, -0.1) is 0 Å². The van der Waals surface area contributed by atoms with Gasteiger partial charge in [-0.25, -0.2) is 0 Å². The van der Waals surface area contributed by atoms with Gasteiger partial charge in [0.2, 0.25) is 0 Å². The van der Waals surface area contributed by atoms with Crippen LogP contribution in [-0.4, -0.2) is 30.6 Å². The monoisotopic (exact) mass is 224 g/mol. The van der Waals surface area contributed by atoms with Gasteiger partial charge in [-0.2, -0.15) is 0 Å². The standard InChI is InChI=1S/C14H28N2/c1-3-4-11-7-8-13(15)14(9-11)16(2)10-12-5-6-12/h11-14H,3-10,15H2,1-2H3. The van der Waals surface area contributed by atoms with Gasteiger partial charge in [-0.05, 0) is 51.0 Å². The third-order valence-electron chi connectivity index (χ3n) is 4.48. The topological polar surface area (TPSA) is 29.3 Å². The summed E-state index contributed by atoms with van der Waals surface area (Å²) in [6.45, 7) is 3.59. The van der Waals surface area contributed by atoms with E-state index in [4.69, 9.17) is 5.73 Å². The maximum absolute atomic E-state index is 6.29. The van der Waals surface area contributed by atoms with E-state index in [1.807, 2.05) is 0 Å². The molecule has 0 saturated heterocycles. The molecule has 0 aromatic carbocycles. The van der Waals surface area contributed by atoms with Crippen molar-refractivity contribution in [3.05, 3.63) is 0 Å². The molecular weight excluding hydrogens is 196 g/mol. The van der Waals surface area contributed by atoms with Gasteiger partial charge >= 0.3 is 0 Å². The fourth-order valence-electron chi connectivity index (χ4n) is 3.28. The first-order valence-corrected chi connectivity index (χ1v) is 7.16. The Morgan fingerprint density at radius 3 is 2.44 bits per heavy atom. The molecule has 3 unspecified atom stereocenters. The van der Waals surface area contributed by atoms with Gasteiger partial charge in [0.25, 0.3) is 0 Å². The lowest BCUT2D eigenvalue weighted by molar-refractivity contribution is 0.128. The molecule has 2 nitrogen and oxygen atoms in total. The molecule has 2 saturated carbocycles. The first-order valence-electron chi connectivity index (χ1n) is 7.16. The van der Waals surface area contributed by atoms with Crippen LogP contribution < -0.4 is 5.73 Å². The lowest BCUT2D eigenvalue weighted by Gasteiger charge is -2.39. The number of likely N-dealkylation sites (N-methyl/N-ethyl adjacent to an activating group) is 1. The van der Waals surface area contributed by atoms with Crippen LogP contribution in [0.1, 0.15) is 51.9 Å². The van der Waals surface area contributed by atoms with Gasteiger partial charge in [0.1, 0.15) is 0 Å². The Hall–Kier alpha value is -0.0800. The summed E-state index contributed by atoms with van der Waals surface area (Å²) in [6, 6.07) is 1.09. The van der Waals surface area contributed by atoms with Crippen molar-refractivity contribution in [3.8, 4) is 0 Å². The van der Waals surface area contributed by atoms with E-state index in [0.717, 1.165) is 11.8 Å². The van der Waals surface area contributed by atoms with E-state index >= 15 is 0 Å². The van der Waals surface area contributed by atoms with Gasteiger partial charge in [-0.3, -0.25) is 0 Å². The first kappa shape index (κ1) is 12.4. The minimum absolute atomic E-state index is 0.428. The van der Waals surface area contributed by atoms with Crippen molar-refractivity contribution in [2.75, 3.05) is 13.6 Å². The fourth-order valence-corrected chi connectivity index (χ4v) is 3.28. The molecule has 2 rings (SSSR count). The molecule has 0 aliphatic heterocycles. The lowest BCUT2D eigenvalue weighted by atomic mass is 9.80. The third-order valence-corrected chi connectivity index (χ3v) is 4.48. The molecular formula is C14H28N2. The highest BCUT2D eigenvalue weighted by atomic mass is 15.2. The van der Waals surface area contributed by atoms with Gasteiger partial charge in [0, 0.05) is 18.6 Å². The van der Waals surface area contributed by atoms with Gasteiger partial charge in [0.15, 0.2) is 0 Å². The molecule has 0 heterocycles. The van der Waals surface area contributed by atoms with Crippen LogP contribution in [-0.2, 0) is 0 Å². The summed E-state index contributed by atoms with van der Waals surface area (Å²) in [5.74, 6) is 1.93. The molecule has 94 valence electrons. The molecule has 3 atom stereocenters. The molecule has 2 aliphatic rings. The van der Waals surface area contributed by atoms with Crippen LogP contribution in [0.15, 0.2) is 0 Å². The maximum atomic E-state index is 6.29. The van der Waals surface area contributed by atoms with Gasteiger partial charge in [0.05, 0.1) is 0 Å². The van der Waals surface area contributed by atoms with E-state index < -0.39 is 0 Å². The zero-order chi connectivity index (χ0) is 11.5. The van der Waals surface area contributed by atoms with E-state index in [2.05, 4.69) is 18.9 Å². The molecule has 0 aromatic rings. The molecule has 2 fully saturated rings. The van der Waals surface area contributed by atoms with E-state index in [-0.39, 0.29) is 0 Å². The molecule has 2 heteroatoms. The maximum Gasteiger partial charge on any atom is 0.0246 e. The SMILES string of the molecule is CCCC1CCC(N)C(N(C)CC2CC2)C1. The predicted molar refractivity (Wildman–Crippen MR) is 69.4 cm³/mol. The summed E-state index contributed by atoms with van der Waals surface area (Å²) in [5.41, 5.74) is 6.29. The van der Waals surface area contributed by atoms with Crippen LogP contribution in [0.3, 0.4) is 0 Å². The van der Waals surface area contributed by atoms with Crippen molar-refractivity contribution in [1.29, 1.82) is 0 Å². The van der Waals surface area contributed by atoms with E-state index in [1.165, 1.54) is 51.5 Å². The number of rotatable bonds is 5. The summed E-state index contributed by atoms with van der Waals surface area (Å²) in [7, 11) is 2.29. The molecule has 2 N–H and O–H groups in total. The number of nitrogens with zero attached hydrogens (tertiary/aromatic N) is 1. The lowest BCUT2D eigenvalue weighted by Crippen LogP contribution is -2.50. The first-order chi connectivity index (χ1) is 7.70. The second-order valence-corrected chi connectivity index (χ2v) is 6.08. The smallest absolute Gasteiger partial charge is 0.0246 e. The van der Waals surface area contributed by atoms with Crippen molar-refractivity contribution in [2.24, 2.45) is 17.6 Å². The summed E-state index contributed by atoms with van der Waals surface area (Å²) in [6.07, 6.45) is 9.58. The highest BCUT2D eigenvalue weighted by molar-refractivity contribution is 4.90. The van der Waals surface area contributed by atoms with Crippen LogP contribution in [0.2, 0.25) is 0 Å². The van der Waals surface area contributed by atoms with Crippen molar-refractivity contribution in [3.63, 3.8) is 0 Å². The number of hydrogen-bond acceptors (Lipinski definition) is 2. The highest BCUT2D eigenvalue weighted by Crippen LogP contribution is 2.33. The summed E-state index contributed by atoms with van der Waals surface area (Å²) < 4.78 is 0. The molecule has 16 heavy (non-hydrogen) atoms. The normalized spacial score (nSPS) is 35.6. The Labute approximate surface area is 101 Å². The van der Waals surface area contributed by atoms with E-state index in [0.29, 0.717) is 12.1 Å². The van der Waals surface area contributed by atoms with Crippen LogP contribution in [0.4, 0.5) is 0 Å². The predicted octanol–water partition coefficient (Wildman–Crippen LogP) is 2.62. The zero-order valence-electron chi connectivity index (χ0n) is 11.0. The Kier molecular flexibility index (Phi) is 4.26. The Bertz CT molecular complexity index is 213. The second kappa shape index (κ2) is 5.50. The summed E-state index contributed by atoms with van der Waals surface area (Å²) in [4.78, 5) is 2.56. The Morgan fingerprint density at radius 2 is 1.81 bits per heavy atom. The van der Waals surface area contributed by atoms with Crippen LogP contribution in [0, 0.1) is 11.8 Å². The highest BCUT2D eigenvalue weighted by Gasteiger charge is 2.33. The molecule has 0 radical (unpaired) electrons. The minimum atomic E-state index is 0.428. The van der Waals surface area contributed by atoms with Crippen molar-refractivity contribution < 1.29 is 0 Å². The van der Waals surface area contributed by atoms with Gasteiger partial charge in [-0.1, -0.05) is 19.8 Å². The molecule has 0 aromatic heterocycles. The third kappa shape index (κ3) is 3.21. The average molecular weight is 224 g/mol.